The lowest BCUT2D eigenvalue weighted by Crippen LogP contribution is -2.23. The van der Waals surface area contributed by atoms with Crippen molar-refractivity contribution >= 4 is 27.8 Å². The third kappa shape index (κ3) is 3.43. The number of hydrogen-bond acceptors (Lipinski definition) is 3. The fourth-order valence-electron chi connectivity index (χ4n) is 4.31. The monoisotopic (exact) mass is 438 g/mol. The van der Waals surface area contributed by atoms with Crippen LogP contribution in [0.15, 0.2) is 70.7 Å². The second-order valence-corrected chi connectivity index (χ2v) is 7.73. The first kappa shape index (κ1) is 20.2. The summed E-state index contributed by atoms with van der Waals surface area (Å²) in [7, 11) is 0. The molecule has 9 heteroatoms. The minimum Gasteiger partial charge on any atom is -0.370 e. The van der Waals surface area contributed by atoms with Gasteiger partial charge >= 0.3 is 5.69 Å². The van der Waals surface area contributed by atoms with Crippen LogP contribution >= 0.6 is 0 Å². The maximum Gasteiger partial charge on any atom is 0.331 e. The van der Waals surface area contributed by atoms with Crippen molar-refractivity contribution in [3.8, 4) is 23.0 Å². The number of benzene rings is 2. The summed E-state index contributed by atoms with van der Waals surface area (Å²) in [6, 6.07) is 17.8. The van der Waals surface area contributed by atoms with E-state index in [2.05, 4.69) is 25.6 Å². The Morgan fingerprint density at radius 1 is 1.09 bits per heavy atom. The van der Waals surface area contributed by atoms with Gasteiger partial charge in [0.15, 0.2) is 5.96 Å². The number of H-pyrrole nitrogens is 2. The zero-order valence-corrected chi connectivity index (χ0v) is 17.7. The van der Waals surface area contributed by atoms with Crippen molar-refractivity contribution in [3.63, 3.8) is 0 Å². The Hall–Kier alpha value is -4.71. The molecule has 0 saturated carbocycles. The molecule has 0 bridgehead atoms. The van der Waals surface area contributed by atoms with E-state index in [1.165, 1.54) is 0 Å². The lowest BCUT2D eigenvalue weighted by molar-refractivity contribution is 0.671. The summed E-state index contributed by atoms with van der Waals surface area (Å²) in [4.78, 5) is 23.0. The van der Waals surface area contributed by atoms with E-state index in [-0.39, 0.29) is 17.3 Å². The Morgan fingerprint density at radius 3 is 2.64 bits per heavy atom. The van der Waals surface area contributed by atoms with Gasteiger partial charge in [0.05, 0.1) is 11.4 Å². The van der Waals surface area contributed by atoms with Gasteiger partial charge in [-0.2, -0.15) is 5.26 Å². The molecule has 6 N–H and O–H groups in total. The molecule has 0 spiro atoms. The first-order valence-electron chi connectivity index (χ1n) is 10.5. The Bertz CT molecular complexity index is 1600. The van der Waals surface area contributed by atoms with Crippen LogP contribution in [-0.2, 0) is 6.54 Å². The average molecular weight is 438 g/mol. The molecule has 2 aromatic carbocycles. The van der Waals surface area contributed by atoms with E-state index in [9.17, 15) is 10.1 Å². The number of rotatable bonds is 6. The topological polar surface area (TPSA) is 147 Å². The highest BCUT2D eigenvalue weighted by atomic mass is 16.1. The molecule has 0 amide bonds. The molecule has 5 rings (SSSR count). The van der Waals surface area contributed by atoms with E-state index in [4.69, 9.17) is 11.5 Å². The van der Waals surface area contributed by atoms with Gasteiger partial charge in [0.25, 0.3) is 0 Å². The number of para-hydroxylation sites is 2. The molecule has 0 aliphatic heterocycles. The van der Waals surface area contributed by atoms with Gasteiger partial charge in [0.2, 0.25) is 0 Å². The quantitative estimate of drug-likeness (QED) is 0.183. The Balaban J connectivity index is 1.71. The summed E-state index contributed by atoms with van der Waals surface area (Å²) >= 11 is 0. The molecule has 3 heterocycles. The predicted octanol–water partition coefficient (Wildman–Crippen LogP) is 2.80. The average Bonchev–Trinajstić information content (AvgIpc) is 3.49. The van der Waals surface area contributed by atoms with Crippen LogP contribution in [0, 0.1) is 11.3 Å². The predicted molar refractivity (Wildman–Crippen MR) is 129 cm³/mol. The molecular formula is C24H22N8O. The van der Waals surface area contributed by atoms with Crippen LogP contribution in [0.4, 0.5) is 0 Å². The molecule has 164 valence electrons. The van der Waals surface area contributed by atoms with Gasteiger partial charge in [0.1, 0.15) is 11.8 Å². The second kappa shape index (κ2) is 8.09. The third-order valence-electron chi connectivity index (χ3n) is 5.71. The van der Waals surface area contributed by atoms with E-state index in [1.54, 1.807) is 10.8 Å². The number of nitrogens with one attached hydrogen (secondary N) is 2. The van der Waals surface area contributed by atoms with Crippen molar-refractivity contribution in [2.45, 2.75) is 13.0 Å². The molecular weight excluding hydrogens is 416 g/mol. The van der Waals surface area contributed by atoms with Gasteiger partial charge in [-0.15, -0.1) is 0 Å². The van der Waals surface area contributed by atoms with Gasteiger partial charge < -0.3 is 21.0 Å². The van der Waals surface area contributed by atoms with Crippen molar-refractivity contribution in [1.29, 1.82) is 5.26 Å². The van der Waals surface area contributed by atoms with E-state index >= 15 is 0 Å². The smallest absolute Gasteiger partial charge is 0.331 e. The Labute approximate surface area is 188 Å². The van der Waals surface area contributed by atoms with Crippen molar-refractivity contribution < 1.29 is 0 Å². The number of nitriles is 1. The zero-order valence-electron chi connectivity index (χ0n) is 17.7. The highest BCUT2D eigenvalue weighted by molar-refractivity contribution is 5.97. The lowest BCUT2D eigenvalue weighted by Gasteiger charge is -2.06. The van der Waals surface area contributed by atoms with Crippen molar-refractivity contribution in [3.05, 3.63) is 77.1 Å². The maximum atomic E-state index is 13.0. The van der Waals surface area contributed by atoms with Crippen molar-refractivity contribution in [1.82, 2.24) is 19.1 Å². The second-order valence-electron chi connectivity index (χ2n) is 7.73. The molecule has 0 atom stereocenters. The molecule has 0 radical (unpaired) electrons. The first-order chi connectivity index (χ1) is 16.1. The SMILES string of the molecule is N#Cc1[nH]c(=O)n(-c2c[nH]c3ccccc23)c1-c1cn(CCCN=C(N)N)c2ccccc12. The van der Waals surface area contributed by atoms with Crippen LogP contribution in [0.2, 0.25) is 0 Å². The summed E-state index contributed by atoms with van der Waals surface area (Å²) in [5.41, 5.74) is 14.6. The maximum absolute atomic E-state index is 13.0. The van der Waals surface area contributed by atoms with Gasteiger partial charge in [-0.1, -0.05) is 36.4 Å². The van der Waals surface area contributed by atoms with Crippen LogP contribution in [0.3, 0.4) is 0 Å². The Morgan fingerprint density at radius 2 is 1.85 bits per heavy atom. The minimum absolute atomic E-state index is 0.0711. The molecule has 33 heavy (non-hydrogen) atoms. The first-order valence-corrected chi connectivity index (χ1v) is 10.5. The van der Waals surface area contributed by atoms with Crippen LogP contribution in [0.25, 0.3) is 38.8 Å². The van der Waals surface area contributed by atoms with Crippen molar-refractivity contribution in [2.24, 2.45) is 16.5 Å². The molecule has 0 saturated heterocycles. The fourth-order valence-corrected chi connectivity index (χ4v) is 4.31. The minimum atomic E-state index is -0.365. The van der Waals surface area contributed by atoms with Crippen LogP contribution in [-0.4, -0.2) is 31.6 Å². The number of aryl methyl sites for hydroxylation is 1. The number of nitrogens with two attached hydrogens (primary N) is 2. The Kier molecular flexibility index (Phi) is 4.95. The number of hydrogen-bond donors (Lipinski definition) is 4. The van der Waals surface area contributed by atoms with E-state index in [0.29, 0.717) is 24.5 Å². The van der Waals surface area contributed by atoms with Crippen LogP contribution in [0.5, 0.6) is 0 Å². The molecule has 5 aromatic rings. The molecule has 0 unspecified atom stereocenters. The van der Waals surface area contributed by atoms with Gasteiger partial charge in [-0.3, -0.25) is 14.5 Å². The summed E-state index contributed by atoms with van der Waals surface area (Å²) < 4.78 is 3.67. The highest BCUT2D eigenvalue weighted by Gasteiger charge is 2.23. The standard InChI is InChI=1S/C24H22N8O/c25-12-19-22(32(24(33)30-19)21-13-29-18-8-3-1-7-16(18)21)17-14-31(11-5-10-28-23(26)27)20-9-4-2-6-15(17)20/h1-4,6-9,13-14,29H,5,10-11H2,(H,30,33)(H4,26,27,28). The van der Waals surface area contributed by atoms with Gasteiger partial charge in [-0.25, -0.2) is 4.79 Å². The zero-order chi connectivity index (χ0) is 22.9. The number of fused-ring (bicyclic) bond motifs is 2. The number of aromatic nitrogens is 4. The molecule has 0 aliphatic rings. The van der Waals surface area contributed by atoms with Crippen LogP contribution < -0.4 is 17.2 Å². The van der Waals surface area contributed by atoms with E-state index in [0.717, 1.165) is 33.8 Å². The number of nitrogens with zero attached hydrogens (tertiary/aromatic N) is 4. The number of aromatic amines is 2. The van der Waals surface area contributed by atoms with E-state index < -0.39 is 0 Å². The van der Waals surface area contributed by atoms with E-state index in [1.807, 2.05) is 54.7 Å². The molecule has 9 nitrogen and oxygen atoms in total. The molecule has 0 fully saturated rings. The number of imidazole rings is 1. The number of aliphatic imine (C=N–C) groups is 1. The van der Waals surface area contributed by atoms with Crippen LogP contribution in [0.1, 0.15) is 12.1 Å². The lowest BCUT2D eigenvalue weighted by atomic mass is 10.1. The van der Waals surface area contributed by atoms with Gasteiger partial charge in [0, 0.05) is 52.9 Å². The normalized spacial score (nSPS) is 11.1. The van der Waals surface area contributed by atoms with Crippen molar-refractivity contribution in [2.75, 3.05) is 6.54 Å². The summed E-state index contributed by atoms with van der Waals surface area (Å²) in [6.45, 7) is 1.19. The molecule has 3 aromatic heterocycles. The largest absolute Gasteiger partial charge is 0.370 e. The summed E-state index contributed by atoms with van der Waals surface area (Å²) in [5, 5.41) is 11.7. The van der Waals surface area contributed by atoms with Gasteiger partial charge in [-0.05, 0) is 18.6 Å². The third-order valence-corrected chi connectivity index (χ3v) is 5.71. The molecule has 0 aliphatic carbocycles. The number of guanidine groups is 1. The summed E-state index contributed by atoms with van der Waals surface area (Å²) in [6.07, 6.45) is 4.51. The fraction of sp³-hybridized carbons (Fsp3) is 0.125. The summed E-state index contributed by atoms with van der Waals surface area (Å²) in [5.74, 6) is 0.0711. The highest BCUT2D eigenvalue weighted by Crippen LogP contribution is 2.34.